The Hall–Kier alpha value is -2.01. The summed E-state index contributed by atoms with van der Waals surface area (Å²) >= 11 is 1.68. The van der Waals surface area contributed by atoms with Crippen molar-refractivity contribution in [2.45, 2.75) is 25.4 Å². The van der Waals surface area contributed by atoms with Gasteiger partial charge in [-0.15, -0.1) is 11.3 Å². The van der Waals surface area contributed by atoms with E-state index in [2.05, 4.69) is 11.4 Å². The van der Waals surface area contributed by atoms with Crippen molar-refractivity contribution < 1.29 is 9.53 Å². The maximum atomic E-state index is 12.5. The summed E-state index contributed by atoms with van der Waals surface area (Å²) in [4.78, 5) is 15.6. The number of thiophene rings is 1. The molecule has 1 N–H and O–H groups in total. The lowest BCUT2D eigenvalue weighted by Gasteiger charge is -2.22. The summed E-state index contributed by atoms with van der Waals surface area (Å²) in [7, 11) is 1.62. The highest BCUT2D eigenvalue weighted by molar-refractivity contribution is 7.09. The highest BCUT2D eigenvalue weighted by Crippen LogP contribution is 2.30. The lowest BCUT2D eigenvalue weighted by atomic mass is 10.3. The largest absolute Gasteiger partial charge is 0.497 e. The lowest BCUT2D eigenvalue weighted by molar-refractivity contribution is 0.206. The molecule has 3 rings (SSSR count). The molecule has 2 amide bonds. The van der Waals surface area contributed by atoms with Gasteiger partial charge in [0.2, 0.25) is 0 Å². The molecule has 1 aromatic carbocycles. The van der Waals surface area contributed by atoms with Crippen molar-refractivity contribution in [3.05, 3.63) is 46.7 Å². The number of nitrogens with zero attached hydrogens (tertiary/aromatic N) is 1. The summed E-state index contributed by atoms with van der Waals surface area (Å²) in [5, 5.41) is 5.00. The molecule has 2 aromatic rings. The summed E-state index contributed by atoms with van der Waals surface area (Å²) in [6, 6.07) is 11.8. The Morgan fingerprint density at radius 2 is 2.24 bits per heavy atom. The number of nitrogens with one attached hydrogen (secondary N) is 1. The minimum Gasteiger partial charge on any atom is -0.497 e. The second-order valence-electron chi connectivity index (χ2n) is 5.10. The van der Waals surface area contributed by atoms with Gasteiger partial charge >= 0.3 is 6.03 Å². The fourth-order valence-electron chi connectivity index (χ4n) is 2.22. The molecule has 1 aliphatic carbocycles. The summed E-state index contributed by atoms with van der Waals surface area (Å²) in [6.45, 7) is 0.679. The Kier molecular flexibility index (Phi) is 4.10. The van der Waals surface area contributed by atoms with Gasteiger partial charge in [0, 0.05) is 22.7 Å². The van der Waals surface area contributed by atoms with E-state index in [9.17, 15) is 4.79 Å². The van der Waals surface area contributed by atoms with Crippen LogP contribution in [0.15, 0.2) is 41.8 Å². The molecule has 0 saturated heterocycles. The monoisotopic (exact) mass is 302 g/mol. The summed E-state index contributed by atoms with van der Waals surface area (Å²) in [5.41, 5.74) is 0.760. The van der Waals surface area contributed by atoms with E-state index in [4.69, 9.17) is 4.74 Å². The van der Waals surface area contributed by atoms with Crippen LogP contribution < -0.4 is 10.1 Å². The molecule has 4 nitrogen and oxygen atoms in total. The van der Waals surface area contributed by atoms with Crippen LogP contribution in [-0.4, -0.2) is 24.1 Å². The lowest BCUT2D eigenvalue weighted by Crippen LogP contribution is -2.36. The molecule has 1 aliphatic rings. The normalized spacial score (nSPS) is 13.8. The fraction of sp³-hybridized carbons (Fsp3) is 0.312. The van der Waals surface area contributed by atoms with Crippen LogP contribution in [0, 0.1) is 0 Å². The zero-order chi connectivity index (χ0) is 14.7. The van der Waals surface area contributed by atoms with Crippen LogP contribution in [0.2, 0.25) is 0 Å². The maximum Gasteiger partial charge on any atom is 0.322 e. The molecule has 0 unspecified atom stereocenters. The standard InChI is InChI=1S/C16H18N2O2S/c1-20-14-5-2-4-12(10-14)17-16(19)18(13-7-8-13)11-15-6-3-9-21-15/h2-6,9-10,13H,7-8,11H2,1H3,(H,17,19). The Bertz CT molecular complexity index is 608. The topological polar surface area (TPSA) is 41.6 Å². The Balaban J connectivity index is 1.69. The van der Waals surface area contributed by atoms with Crippen LogP contribution >= 0.6 is 11.3 Å². The molecule has 0 spiro atoms. The fourth-order valence-corrected chi connectivity index (χ4v) is 2.92. The molecule has 0 atom stereocenters. The minimum absolute atomic E-state index is 0.0425. The van der Waals surface area contributed by atoms with E-state index in [0.29, 0.717) is 12.6 Å². The second-order valence-corrected chi connectivity index (χ2v) is 6.13. The van der Waals surface area contributed by atoms with Gasteiger partial charge in [-0.05, 0) is 36.4 Å². The number of carbonyl (C=O) groups is 1. The van der Waals surface area contributed by atoms with E-state index >= 15 is 0 Å². The number of rotatable bonds is 5. The summed E-state index contributed by atoms with van der Waals surface area (Å²) < 4.78 is 5.18. The van der Waals surface area contributed by atoms with E-state index in [-0.39, 0.29) is 6.03 Å². The third-order valence-corrected chi connectivity index (χ3v) is 4.34. The van der Waals surface area contributed by atoms with Gasteiger partial charge in [0.25, 0.3) is 0 Å². The zero-order valence-electron chi connectivity index (χ0n) is 11.9. The summed E-state index contributed by atoms with van der Waals surface area (Å²) in [6.07, 6.45) is 2.19. The van der Waals surface area contributed by atoms with Gasteiger partial charge in [-0.25, -0.2) is 4.79 Å². The second kappa shape index (κ2) is 6.18. The summed E-state index contributed by atoms with van der Waals surface area (Å²) in [5.74, 6) is 0.740. The first-order valence-corrected chi connectivity index (χ1v) is 7.88. The van der Waals surface area contributed by atoms with Crippen molar-refractivity contribution in [1.29, 1.82) is 0 Å². The Labute approximate surface area is 128 Å². The number of urea groups is 1. The molecule has 1 heterocycles. The van der Waals surface area contributed by atoms with E-state index in [1.165, 1.54) is 4.88 Å². The number of benzene rings is 1. The number of anilines is 1. The van der Waals surface area contributed by atoms with Gasteiger partial charge < -0.3 is 15.0 Å². The molecule has 1 fully saturated rings. The van der Waals surface area contributed by atoms with Crippen LogP contribution in [-0.2, 0) is 6.54 Å². The highest BCUT2D eigenvalue weighted by atomic mass is 32.1. The number of methoxy groups -OCH3 is 1. The van der Waals surface area contributed by atoms with Crippen LogP contribution in [0.25, 0.3) is 0 Å². The number of hydrogen-bond acceptors (Lipinski definition) is 3. The molecule has 110 valence electrons. The number of hydrogen-bond donors (Lipinski definition) is 1. The molecular weight excluding hydrogens is 284 g/mol. The molecule has 0 radical (unpaired) electrons. The first-order valence-electron chi connectivity index (χ1n) is 7.00. The van der Waals surface area contributed by atoms with Gasteiger partial charge in [-0.3, -0.25) is 0 Å². The Morgan fingerprint density at radius 1 is 1.38 bits per heavy atom. The average Bonchev–Trinajstić information content (AvgIpc) is 3.21. The number of carbonyl (C=O) groups excluding carboxylic acids is 1. The third kappa shape index (κ3) is 3.55. The minimum atomic E-state index is -0.0425. The molecule has 1 aromatic heterocycles. The van der Waals surface area contributed by atoms with E-state index < -0.39 is 0 Å². The van der Waals surface area contributed by atoms with Crippen molar-refractivity contribution in [3.8, 4) is 5.75 Å². The highest BCUT2D eigenvalue weighted by Gasteiger charge is 2.32. The molecule has 0 aliphatic heterocycles. The quantitative estimate of drug-likeness (QED) is 0.908. The van der Waals surface area contributed by atoms with Crippen LogP contribution in [0.5, 0.6) is 5.75 Å². The van der Waals surface area contributed by atoms with Gasteiger partial charge in [-0.2, -0.15) is 0 Å². The van der Waals surface area contributed by atoms with Crippen molar-refractivity contribution in [2.24, 2.45) is 0 Å². The predicted molar refractivity (Wildman–Crippen MR) is 84.9 cm³/mol. The van der Waals surface area contributed by atoms with Crippen molar-refractivity contribution in [2.75, 3.05) is 12.4 Å². The van der Waals surface area contributed by atoms with E-state index in [1.54, 1.807) is 18.4 Å². The molecule has 5 heteroatoms. The smallest absolute Gasteiger partial charge is 0.322 e. The predicted octanol–water partition coefficient (Wildman–Crippen LogP) is 3.95. The van der Waals surface area contributed by atoms with Crippen molar-refractivity contribution >= 4 is 23.1 Å². The molecular formula is C16H18N2O2S. The maximum absolute atomic E-state index is 12.5. The first-order chi connectivity index (χ1) is 10.3. The van der Waals surface area contributed by atoms with Crippen molar-refractivity contribution in [3.63, 3.8) is 0 Å². The van der Waals surface area contributed by atoms with Gasteiger partial charge in [-0.1, -0.05) is 12.1 Å². The van der Waals surface area contributed by atoms with Crippen LogP contribution in [0.3, 0.4) is 0 Å². The van der Waals surface area contributed by atoms with Crippen LogP contribution in [0.4, 0.5) is 10.5 Å². The SMILES string of the molecule is COc1cccc(NC(=O)N(Cc2cccs2)C2CC2)c1. The van der Waals surface area contributed by atoms with E-state index in [0.717, 1.165) is 24.3 Å². The zero-order valence-corrected chi connectivity index (χ0v) is 12.7. The van der Waals surface area contributed by atoms with E-state index in [1.807, 2.05) is 40.6 Å². The van der Waals surface area contributed by atoms with Crippen molar-refractivity contribution in [1.82, 2.24) is 4.90 Å². The van der Waals surface area contributed by atoms with Gasteiger partial charge in [0.15, 0.2) is 0 Å². The van der Waals surface area contributed by atoms with Gasteiger partial charge in [0.1, 0.15) is 5.75 Å². The van der Waals surface area contributed by atoms with Gasteiger partial charge in [0.05, 0.1) is 13.7 Å². The number of amides is 2. The number of ether oxygens (including phenoxy) is 1. The molecule has 21 heavy (non-hydrogen) atoms. The molecule has 0 bridgehead atoms. The third-order valence-electron chi connectivity index (χ3n) is 3.48. The average molecular weight is 302 g/mol. The molecule has 1 saturated carbocycles. The Morgan fingerprint density at radius 3 is 2.90 bits per heavy atom. The first kappa shape index (κ1) is 13.9. The van der Waals surface area contributed by atoms with Crippen LogP contribution in [0.1, 0.15) is 17.7 Å².